The first kappa shape index (κ1) is 16.5. The third kappa shape index (κ3) is 4.25. The molecule has 0 aromatic carbocycles. The van der Waals surface area contributed by atoms with E-state index in [9.17, 15) is 9.59 Å². The number of carbonyl (C=O) groups excluding carboxylic acids is 2. The van der Waals surface area contributed by atoms with E-state index in [0.717, 1.165) is 12.0 Å². The van der Waals surface area contributed by atoms with Crippen LogP contribution in [0.15, 0.2) is 11.6 Å². The minimum absolute atomic E-state index is 0.0598. The Hall–Kier alpha value is -1.52. The van der Waals surface area contributed by atoms with Gasteiger partial charge in [0.1, 0.15) is 11.6 Å². The van der Waals surface area contributed by atoms with Crippen molar-refractivity contribution in [1.82, 2.24) is 9.80 Å². The fourth-order valence-corrected chi connectivity index (χ4v) is 2.22. The molecular weight excluding hydrogens is 256 g/mol. The number of rotatable bonds is 2. The number of ether oxygens (including phenoxy) is 1. The molecule has 0 spiro atoms. The number of hydrogen-bond acceptors (Lipinski definition) is 3. The van der Waals surface area contributed by atoms with Crippen molar-refractivity contribution in [1.29, 1.82) is 0 Å². The number of hydrogen-bond donors (Lipinski definition) is 0. The van der Waals surface area contributed by atoms with Crippen LogP contribution in [0, 0.1) is 0 Å². The van der Waals surface area contributed by atoms with E-state index >= 15 is 0 Å². The van der Waals surface area contributed by atoms with E-state index in [2.05, 4.69) is 6.08 Å². The van der Waals surface area contributed by atoms with Crippen LogP contribution in [0.4, 0.5) is 4.79 Å². The molecule has 1 aliphatic heterocycles. The van der Waals surface area contributed by atoms with Crippen LogP contribution in [0.1, 0.15) is 40.5 Å². The first-order chi connectivity index (χ1) is 9.15. The molecule has 1 rings (SSSR count). The van der Waals surface area contributed by atoms with Crippen molar-refractivity contribution in [3.8, 4) is 0 Å². The molecule has 0 aromatic heterocycles. The Balaban J connectivity index is 2.92. The molecule has 5 heteroatoms. The molecule has 0 aromatic rings. The maximum atomic E-state index is 12.3. The van der Waals surface area contributed by atoms with Gasteiger partial charge in [0.05, 0.1) is 0 Å². The minimum atomic E-state index is -0.556. The lowest BCUT2D eigenvalue weighted by molar-refractivity contribution is -0.133. The number of likely N-dealkylation sites (tertiary alicyclic amines) is 1. The van der Waals surface area contributed by atoms with Gasteiger partial charge in [-0.3, -0.25) is 9.69 Å². The number of allylic oxidation sites excluding steroid dienone is 1. The van der Waals surface area contributed by atoms with E-state index in [0.29, 0.717) is 13.0 Å². The normalized spacial score (nSPS) is 21.2. The van der Waals surface area contributed by atoms with E-state index in [1.165, 1.54) is 9.80 Å². The van der Waals surface area contributed by atoms with Gasteiger partial charge in [-0.25, -0.2) is 4.79 Å². The monoisotopic (exact) mass is 282 g/mol. The van der Waals surface area contributed by atoms with Crippen molar-refractivity contribution in [2.75, 3.05) is 20.6 Å². The summed E-state index contributed by atoms with van der Waals surface area (Å²) in [5, 5.41) is 0. The second-order valence-corrected chi connectivity index (χ2v) is 6.33. The molecule has 5 nitrogen and oxygen atoms in total. The molecular formula is C15H26N2O3. The van der Waals surface area contributed by atoms with Gasteiger partial charge in [0.25, 0.3) is 0 Å². The molecule has 0 bridgehead atoms. The molecule has 0 saturated carbocycles. The molecule has 1 aliphatic rings. The summed E-state index contributed by atoms with van der Waals surface area (Å²) in [4.78, 5) is 27.5. The lowest BCUT2D eigenvalue weighted by Crippen LogP contribution is -2.47. The predicted molar refractivity (Wildman–Crippen MR) is 78.4 cm³/mol. The maximum Gasteiger partial charge on any atom is 0.411 e. The Morgan fingerprint density at radius 2 is 2.00 bits per heavy atom. The predicted octanol–water partition coefficient (Wildman–Crippen LogP) is 2.42. The van der Waals surface area contributed by atoms with E-state index in [4.69, 9.17) is 4.74 Å². The summed E-state index contributed by atoms with van der Waals surface area (Å²) in [7, 11) is 3.41. The van der Waals surface area contributed by atoms with Crippen molar-refractivity contribution in [2.24, 2.45) is 0 Å². The highest BCUT2D eigenvalue weighted by atomic mass is 16.6. The molecule has 0 unspecified atom stereocenters. The smallest absolute Gasteiger partial charge is 0.411 e. The fourth-order valence-electron chi connectivity index (χ4n) is 2.22. The van der Waals surface area contributed by atoms with Crippen LogP contribution in [0.3, 0.4) is 0 Å². The average Bonchev–Trinajstić information content (AvgIpc) is 2.70. The van der Waals surface area contributed by atoms with E-state index in [1.54, 1.807) is 14.1 Å². The topological polar surface area (TPSA) is 49.9 Å². The van der Waals surface area contributed by atoms with Gasteiger partial charge < -0.3 is 9.64 Å². The van der Waals surface area contributed by atoms with Crippen LogP contribution in [-0.4, -0.2) is 54.1 Å². The summed E-state index contributed by atoms with van der Waals surface area (Å²) in [5.74, 6) is -0.0598. The Bertz CT molecular complexity index is 408. The van der Waals surface area contributed by atoms with E-state index in [-0.39, 0.29) is 5.91 Å². The third-order valence-corrected chi connectivity index (χ3v) is 3.05. The van der Waals surface area contributed by atoms with Gasteiger partial charge in [-0.2, -0.15) is 0 Å². The highest BCUT2D eigenvalue weighted by Gasteiger charge is 2.39. The van der Waals surface area contributed by atoms with Gasteiger partial charge in [0, 0.05) is 20.6 Å². The molecule has 114 valence electrons. The third-order valence-electron chi connectivity index (χ3n) is 3.05. The van der Waals surface area contributed by atoms with Crippen LogP contribution < -0.4 is 0 Å². The summed E-state index contributed by atoms with van der Waals surface area (Å²) in [5.41, 5.74) is 0.568. The number of likely N-dealkylation sites (N-methyl/N-ethyl adjacent to an activating group) is 1. The maximum absolute atomic E-state index is 12.3. The zero-order valence-corrected chi connectivity index (χ0v) is 13.4. The highest BCUT2D eigenvalue weighted by Crippen LogP contribution is 2.26. The SMILES string of the molecule is CC/C=C1\C[C@H](C(=O)N(C)C)N(C(=O)OC(C)(C)C)C1. The summed E-state index contributed by atoms with van der Waals surface area (Å²) < 4.78 is 5.40. The fraction of sp³-hybridized carbons (Fsp3) is 0.733. The summed E-state index contributed by atoms with van der Waals surface area (Å²) in [6, 6.07) is -0.447. The number of amides is 2. The van der Waals surface area contributed by atoms with Crippen molar-refractivity contribution in [3.05, 3.63) is 11.6 Å². The largest absolute Gasteiger partial charge is 0.444 e. The molecule has 0 aliphatic carbocycles. The average molecular weight is 282 g/mol. The summed E-state index contributed by atoms with van der Waals surface area (Å²) >= 11 is 0. The lowest BCUT2D eigenvalue weighted by Gasteiger charge is -2.28. The second-order valence-electron chi connectivity index (χ2n) is 6.33. The Kier molecular flexibility index (Phi) is 5.20. The van der Waals surface area contributed by atoms with Gasteiger partial charge in [-0.15, -0.1) is 0 Å². The Morgan fingerprint density at radius 3 is 2.45 bits per heavy atom. The van der Waals surface area contributed by atoms with Crippen molar-refractivity contribution in [3.63, 3.8) is 0 Å². The Morgan fingerprint density at radius 1 is 1.40 bits per heavy atom. The first-order valence-corrected chi connectivity index (χ1v) is 7.04. The van der Waals surface area contributed by atoms with Gasteiger partial charge in [0.2, 0.25) is 5.91 Å². The molecule has 1 heterocycles. The van der Waals surface area contributed by atoms with Gasteiger partial charge >= 0.3 is 6.09 Å². The quantitative estimate of drug-likeness (QED) is 0.731. The Labute approximate surface area is 121 Å². The van der Waals surface area contributed by atoms with Crippen LogP contribution in [0.2, 0.25) is 0 Å². The molecule has 1 fully saturated rings. The molecule has 1 saturated heterocycles. The summed E-state index contributed by atoms with van der Waals surface area (Å²) in [6.45, 7) is 8.00. The van der Waals surface area contributed by atoms with Crippen molar-refractivity contribution < 1.29 is 14.3 Å². The number of carbonyl (C=O) groups is 2. The van der Waals surface area contributed by atoms with Crippen molar-refractivity contribution >= 4 is 12.0 Å². The second kappa shape index (κ2) is 6.29. The van der Waals surface area contributed by atoms with Gasteiger partial charge in [-0.05, 0) is 33.6 Å². The van der Waals surface area contributed by atoms with Crippen LogP contribution >= 0.6 is 0 Å². The minimum Gasteiger partial charge on any atom is -0.444 e. The van der Waals surface area contributed by atoms with Gasteiger partial charge in [-0.1, -0.05) is 18.6 Å². The lowest BCUT2D eigenvalue weighted by atomic mass is 10.1. The molecule has 2 amide bonds. The number of nitrogens with zero attached hydrogens (tertiary/aromatic N) is 2. The van der Waals surface area contributed by atoms with E-state index in [1.807, 2.05) is 27.7 Å². The summed E-state index contributed by atoms with van der Waals surface area (Å²) in [6.07, 6.45) is 3.17. The van der Waals surface area contributed by atoms with Crippen LogP contribution in [0.5, 0.6) is 0 Å². The molecule has 0 radical (unpaired) electrons. The molecule has 20 heavy (non-hydrogen) atoms. The van der Waals surface area contributed by atoms with Crippen molar-refractivity contribution in [2.45, 2.75) is 52.2 Å². The van der Waals surface area contributed by atoms with Crippen LogP contribution in [-0.2, 0) is 9.53 Å². The van der Waals surface area contributed by atoms with Crippen LogP contribution in [0.25, 0.3) is 0 Å². The first-order valence-electron chi connectivity index (χ1n) is 7.04. The van der Waals surface area contributed by atoms with E-state index < -0.39 is 17.7 Å². The molecule has 0 N–H and O–H groups in total. The molecule has 1 atom stereocenters. The van der Waals surface area contributed by atoms with Gasteiger partial charge in [0.15, 0.2) is 0 Å². The highest BCUT2D eigenvalue weighted by molar-refractivity contribution is 5.87. The zero-order valence-electron chi connectivity index (χ0n) is 13.4. The standard InChI is InChI=1S/C15H26N2O3/c1-7-8-11-9-12(13(18)16(5)6)17(10-11)14(19)20-15(2,3)4/h8,12H,7,9-10H2,1-6H3/b11-8+/t12-/m1/s1. The zero-order chi connectivity index (χ0) is 15.5.